The van der Waals surface area contributed by atoms with Crippen molar-refractivity contribution >= 4 is 46.9 Å². The zero-order chi connectivity index (χ0) is 17.7. The number of hydrogen-bond acceptors (Lipinski definition) is 5. The van der Waals surface area contributed by atoms with E-state index >= 15 is 0 Å². The highest BCUT2D eigenvalue weighted by atomic mass is 35.5. The third-order valence-electron chi connectivity index (χ3n) is 2.77. The van der Waals surface area contributed by atoms with Crippen LogP contribution in [0.2, 0.25) is 10.0 Å². The van der Waals surface area contributed by atoms with Crippen molar-refractivity contribution in [3.63, 3.8) is 0 Å². The Morgan fingerprint density at radius 1 is 1.04 bits per heavy atom. The first-order chi connectivity index (χ1) is 11.4. The summed E-state index contributed by atoms with van der Waals surface area (Å²) in [5.74, 6) is -2.39. The molecule has 9 heteroatoms. The Balaban J connectivity index is 1.97. The lowest BCUT2D eigenvalue weighted by Crippen LogP contribution is -2.32. The van der Waals surface area contributed by atoms with Crippen molar-refractivity contribution in [2.45, 2.75) is 0 Å². The molecule has 2 rings (SSSR count). The highest BCUT2D eigenvalue weighted by Crippen LogP contribution is 2.25. The van der Waals surface area contributed by atoms with Crippen LogP contribution in [0.5, 0.6) is 11.5 Å². The van der Waals surface area contributed by atoms with Gasteiger partial charge in [-0.25, -0.2) is 5.43 Å². The lowest BCUT2D eigenvalue weighted by Gasteiger charge is -2.06. The van der Waals surface area contributed by atoms with Crippen LogP contribution in [0.25, 0.3) is 0 Å². The second kappa shape index (κ2) is 7.67. The molecule has 0 aliphatic heterocycles. The van der Waals surface area contributed by atoms with Gasteiger partial charge in [0.1, 0.15) is 11.5 Å². The molecule has 0 bridgehead atoms. The number of phenolic OH excluding ortho intramolecular Hbond substituents is 2. The molecule has 0 saturated heterocycles. The number of phenols is 2. The van der Waals surface area contributed by atoms with Gasteiger partial charge in [-0.2, -0.15) is 5.10 Å². The summed E-state index contributed by atoms with van der Waals surface area (Å²) in [4.78, 5) is 23.4. The lowest BCUT2D eigenvalue weighted by molar-refractivity contribution is -0.136. The van der Waals surface area contributed by atoms with Crippen LogP contribution >= 0.6 is 23.2 Å². The van der Waals surface area contributed by atoms with Crippen molar-refractivity contribution in [2.75, 3.05) is 5.32 Å². The van der Waals surface area contributed by atoms with Crippen molar-refractivity contribution in [3.8, 4) is 11.5 Å². The standard InChI is InChI=1S/C15H11Cl2N3O4/c16-9-2-4-11(17)12(5-9)19-14(23)15(24)20-18-7-8-1-3-10(21)6-13(8)22/h1-7,21-22H,(H,19,23)(H,20,24)/b18-7+. The molecule has 0 fully saturated rings. The van der Waals surface area contributed by atoms with Crippen LogP contribution in [0.1, 0.15) is 5.56 Å². The van der Waals surface area contributed by atoms with Gasteiger partial charge in [0.05, 0.1) is 16.9 Å². The Hall–Kier alpha value is -2.77. The predicted octanol–water partition coefficient (Wildman–Crippen LogP) is 2.49. The van der Waals surface area contributed by atoms with E-state index in [2.05, 4.69) is 10.4 Å². The molecule has 0 unspecified atom stereocenters. The zero-order valence-corrected chi connectivity index (χ0v) is 13.5. The molecule has 2 aromatic rings. The van der Waals surface area contributed by atoms with E-state index in [1.54, 1.807) is 0 Å². The fourth-order valence-corrected chi connectivity index (χ4v) is 1.96. The average Bonchev–Trinajstić information content (AvgIpc) is 2.52. The van der Waals surface area contributed by atoms with Crippen LogP contribution in [-0.2, 0) is 9.59 Å². The first-order valence-electron chi connectivity index (χ1n) is 6.48. The lowest BCUT2D eigenvalue weighted by atomic mass is 10.2. The second-order valence-electron chi connectivity index (χ2n) is 4.52. The average molecular weight is 368 g/mol. The van der Waals surface area contributed by atoms with Crippen LogP contribution in [0.15, 0.2) is 41.5 Å². The molecule has 0 aliphatic rings. The third kappa shape index (κ3) is 4.61. The zero-order valence-electron chi connectivity index (χ0n) is 12.0. The smallest absolute Gasteiger partial charge is 0.329 e. The minimum atomic E-state index is -1.04. The van der Waals surface area contributed by atoms with Gasteiger partial charge in [-0.3, -0.25) is 9.59 Å². The van der Waals surface area contributed by atoms with Crippen molar-refractivity contribution in [2.24, 2.45) is 5.10 Å². The first-order valence-corrected chi connectivity index (χ1v) is 7.24. The number of carbonyl (C=O) groups is 2. The van der Waals surface area contributed by atoms with Gasteiger partial charge in [0.25, 0.3) is 0 Å². The molecule has 0 heterocycles. The Kier molecular flexibility index (Phi) is 5.62. The SMILES string of the molecule is O=C(N/N=C/c1ccc(O)cc1O)C(=O)Nc1cc(Cl)ccc1Cl. The Bertz CT molecular complexity index is 824. The molecule has 2 aromatic carbocycles. The van der Waals surface area contributed by atoms with Crippen LogP contribution in [0.3, 0.4) is 0 Å². The van der Waals surface area contributed by atoms with E-state index in [4.69, 9.17) is 28.3 Å². The van der Waals surface area contributed by atoms with E-state index in [0.717, 1.165) is 12.3 Å². The van der Waals surface area contributed by atoms with Crippen molar-refractivity contribution in [1.82, 2.24) is 5.43 Å². The number of nitrogens with one attached hydrogen (secondary N) is 2. The Morgan fingerprint density at radius 2 is 1.79 bits per heavy atom. The summed E-state index contributed by atoms with van der Waals surface area (Å²) in [6.45, 7) is 0. The Labute approximate surface area is 146 Å². The third-order valence-corrected chi connectivity index (χ3v) is 3.33. The number of amides is 2. The summed E-state index contributed by atoms with van der Waals surface area (Å²) >= 11 is 11.7. The molecule has 0 aliphatic carbocycles. The first kappa shape index (κ1) is 17.6. The highest BCUT2D eigenvalue weighted by molar-refractivity contribution is 6.42. The number of hydrazone groups is 1. The minimum Gasteiger partial charge on any atom is -0.508 e. The molecule has 0 spiro atoms. The fourth-order valence-electron chi connectivity index (χ4n) is 1.62. The maximum Gasteiger partial charge on any atom is 0.329 e. The Morgan fingerprint density at radius 3 is 2.50 bits per heavy atom. The van der Waals surface area contributed by atoms with Crippen LogP contribution in [0.4, 0.5) is 5.69 Å². The topological polar surface area (TPSA) is 111 Å². The summed E-state index contributed by atoms with van der Waals surface area (Å²) in [7, 11) is 0. The van der Waals surface area contributed by atoms with E-state index in [1.165, 1.54) is 30.3 Å². The molecule has 4 N–H and O–H groups in total. The number of hydrogen-bond donors (Lipinski definition) is 4. The normalized spacial score (nSPS) is 10.6. The fraction of sp³-hybridized carbons (Fsp3) is 0. The molecule has 0 atom stereocenters. The largest absolute Gasteiger partial charge is 0.508 e. The second-order valence-corrected chi connectivity index (χ2v) is 5.36. The number of rotatable bonds is 3. The van der Waals surface area contributed by atoms with Gasteiger partial charge in [-0.05, 0) is 30.3 Å². The van der Waals surface area contributed by atoms with E-state index in [9.17, 15) is 14.7 Å². The van der Waals surface area contributed by atoms with E-state index in [1.807, 2.05) is 5.43 Å². The monoisotopic (exact) mass is 367 g/mol. The summed E-state index contributed by atoms with van der Waals surface area (Å²) in [5.41, 5.74) is 2.42. The molecule has 0 saturated carbocycles. The van der Waals surface area contributed by atoms with Gasteiger partial charge in [0.15, 0.2) is 0 Å². The maximum atomic E-state index is 11.7. The highest BCUT2D eigenvalue weighted by Gasteiger charge is 2.14. The molecule has 0 radical (unpaired) electrons. The van der Waals surface area contributed by atoms with Gasteiger partial charge in [0, 0.05) is 16.7 Å². The molecule has 24 heavy (non-hydrogen) atoms. The molecular formula is C15H11Cl2N3O4. The van der Waals surface area contributed by atoms with E-state index < -0.39 is 11.8 Å². The van der Waals surface area contributed by atoms with Crippen molar-refractivity contribution < 1.29 is 19.8 Å². The summed E-state index contributed by atoms with van der Waals surface area (Å²) in [6.07, 6.45) is 1.12. The van der Waals surface area contributed by atoms with Crippen LogP contribution in [-0.4, -0.2) is 28.2 Å². The summed E-state index contributed by atoms with van der Waals surface area (Å²) < 4.78 is 0. The van der Waals surface area contributed by atoms with Crippen LogP contribution in [0, 0.1) is 0 Å². The molecule has 2 amide bonds. The number of aromatic hydroxyl groups is 2. The van der Waals surface area contributed by atoms with Crippen LogP contribution < -0.4 is 10.7 Å². The van der Waals surface area contributed by atoms with Gasteiger partial charge < -0.3 is 15.5 Å². The maximum absolute atomic E-state index is 11.7. The number of halogens is 2. The molecule has 7 nitrogen and oxygen atoms in total. The van der Waals surface area contributed by atoms with E-state index in [-0.39, 0.29) is 27.8 Å². The van der Waals surface area contributed by atoms with Gasteiger partial charge >= 0.3 is 11.8 Å². The quantitative estimate of drug-likeness (QED) is 0.379. The van der Waals surface area contributed by atoms with Crippen molar-refractivity contribution in [1.29, 1.82) is 0 Å². The number of benzene rings is 2. The minimum absolute atomic E-state index is 0.119. The molecule has 0 aromatic heterocycles. The molecular weight excluding hydrogens is 357 g/mol. The number of carbonyl (C=O) groups excluding carboxylic acids is 2. The predicted molar refractivity (Wildman–Crippen MR) is 90.6 cm³/mol. The van der Waals surface area contributed by atoms with Gasteiger partial charge in [-0.1, -0.05) is 23.2 Å². The molecule has 124 valence electrons. The van der Waals surface area contributed by atoms with E-state index in [0.29, 0.717) is 5.02 Å². The number of nitrogens with zero attached hydrogens (tertiary/aromatic N) is 1. The van der Waals surface area contributed by atoms with Gasteiger partial charge in [-0.15, -0.1) is 0 Å². The number of anilines is 1. The summed E-state index contributed by atoms with van der Waals surface area (Å²) in [5, 5.41) is 25.1. The summed E-state index contributed by atoms with van der Waals surface area (Å²) in [6, 6.07) is 8.23. The van der Waals surface area contributed by atoms with Gasteiger partial charge in [0.2, 0.25) is 0 Å². The van der Waals surface area contributed by atoms with Crippen molar-refractivity contribution in [3.05, 3.63) is 52.0 Å².